The second-order valence-electron chi connectivity index (χ2n) is 5.71. The lowest BCUT2D eigenvalue weighted by Gasteiger charge is -2.30. The third kappa shape index (κ3) is 2.17. The molecule has 0 bridgehead atoms. The van der Waals surface area contributed by atoms with Crippen LogP contribution in [0.4, 0.5) is 4.39 Å². The molecule has 3 heteroatoms. The van der Waals surface area contributed by atoms with Gasteiger partial charge in [-0.3, -0.25) is 0 Å². The minimum absolute atomic E-state index is 0.174. The van der Waals surface area contributed by atoms with Crippen LogP contribution in [0.3, 0.4) is 0 Å². The van der Waals surface area contributed by atoms with Crippen molar-refractivity contribution < 1.29 is 9.50 Å². The molecule has 2 nitrogen and oxygen atoms in total. The average Bonchev–Trinajstić information content (AvgIpc) is 2.98. The van der Waals surface area contributed by atoms with Gasteiger partial charge in [-0.1, -0.05) is 25.0 Å². The fraction of sp³-hybridized carbons (Fsp3) is 0.600. The first-order valence-electron chi connectivity index (χ1n) is 6.91. The van der Waals surface area contributed by atoms with Gasteiger partial charge in [-0.25, -0.2) is 4.39 Å². The van der Waals surface area contributed by atoms with Gasteiger partial charge in [0, 0.05) is 12.1 Å². The Labute approximate surface area is 107 Å². The Morgan fingerprint density at radius 3 is 2.72 bits per heavy atom. The minimum Gasteiger partial charge on any atom is -0.388 e. The molecular formula is C15H20FNO. The fourth-order valence-corrected chi connectivity index (χ4v) is 3.49. The van der Waals surface area contributed by atoms with Gasteiger partial charge in [-0.15, -0.1) is 0 Å². The van der Waals surface area contributed by atoms with E-state index in [2.05, 4.69) is 5.32 Å². The summed E-state index contributed by atoms with van der Waals surface area (Å²) >= 11 is 0. The number of halogens is 1. The summed E-state index contributed by atoms with van der Waals surface area (Å²) in [6.07, 6.45) is 6.02. The zero-order chi connectivity index (χ0) is 12.6. The van der Waals surface area contributed by atoms with Gasteiger partial charge < -0.3 is 10.4 Å². The van der Waals surface area contributed by atoms with Crippen molar-refractivity contribution in [1.82, 2.24) is 5.32 Å². The normalized spacial score (nSPS) is 30.8. The third-order valence-electron chi connectivity index (χ3n) is 4.52. The van der Waals surface area contributed by atoms with Crippen molar-refractivity contribution >= 4 is 0 Å². The van der Waals surface area contributed by atoms with Crippen molar-refractivity contribution in [3.8, 4) is 0 Å². The Bertz CT molecular complexity index is 428. The molecule has 2 N–H and O–H groups in total. The van der Waals surface area contributed by atoms with Crippen LogP contribution in [-0.4, -0.2) is 16.7 Å². The fourth-order valence-electron chi connectivity index (χ4n) is 3.49. The minimum atomic E-state index is -0.526. The van der Waals surface area contributed by atoms with Crippen LogP contribution < -0.4 is 5.32 Å². The molecule has 2 aliphatic rings. The lowest BCUT2D eigenvalue weighted by molar-refractivity contribution is 0.0129. The molecule has 3 rings (SSSR count). The first kappa shape index (κ1) is 12.1. The number of hydrogen-bond donors (Lipinski definition) is 2. The third-order valence-corrected chi connectivity index (χ3v) is 4.52. The maximum absolute atomic E-state index is 13.2. The highest BCUT2D eigenvalue weighted by Crippen LogP contribution is 2.39. The summed E-state index contributed by atoms with van der Waals surface area (Å²) in [5, 5.41) is 14.1. The molecule has 0 spiro atoms. The highest BCUT2D eigenvalue weighted by atomic mass is 19.1. The van der Waals surface area contributed by atoms with E-state index in [1.165, 1.54) is 6.07 Å². The smallest absolute Gasteiger partial charge is 0.123 e. The summed E-state index contributed by atoms with van der Waals surface area (Å²) in [6, 6.07) is 7.15. The Hall–Kier alpha value is -0.930. The van der Waals surface area contributed by atoms with Crippen LogP contribution in [0.15, 0.2) is 24.3 Å². The van der Waals surface area contributed by atoms with Gasteiger partial charge >= 0.3 is 0 Å². The molecule has 1 aromatic carbocycles. The molecule has 0 aromatic heterocycles. The summed E-state index contributed by atoms with van der Waals surface area (Å²) in [4.78, 5) is 0. The lowest BCUT2D eigenvalue weighted by atomic mass is 9.91. The Morgan fingerprint density at radius 2 is 2.00 bits per heavy atom. The molecule has 1 aliphatic heterocycles. The predicted molar refractivity (Wildman–Crippen MR) is 68.7 cm³/mol. The standard InChI is InChI=1S/C15H20FNO/c16-12-5-3-4-11(10-12)13-6-7-14(17-13)15(18)8-1-2-9-15/h3-5,10,13-14,17-18H,1-2,6-9H2/t13-,14?/m0/s1. The number of benzene rings is 1. The SMILES string of the molecule is OC1(C2CC[C@@H](c3cccc(F)c3)N2)CCCC1. The van der Waals surface area contributed by atoms with Gasteiger partial charge in [0.15, 0.2) is 0 Å². The Kier molecular flexibility index (Phi) is 3.12. The zero-order valence-corrected chi connectivity index (χ0v) is 10.5. The van der Waals surface area contributed by atoms with Crippen molar-refractivity contribution in [2.45, 2.75) is 56.2 Å². The Balaban J connectivity index is 1.72. The second-order valence-corrected chi connectivity index (χ2v) is 5.71. The van der Waals surface area contributed by atoms with E-state index in [4.69, 9.17) is 0 Å². The molecule has 1 saturated carbocycles. The first-order chi connectivity index (χ1) is 8.67. The largest absolute Gasteiger partial charge is 0.388 e. The van der Waals surface area contributed by atoms with Crippen molar-refractivity contribution in [3.05, 3.63) is 35.6 Å². The number of aliphatic hydroxyl groups is 1. The molecule has 18 heavy (non-hydrogen) atoms. The highest BCUT2D eigenvalue weighted by Gasteiger charge is 2.42. The molecule has 1 saturated heterocycles. The molecule has 1 unspecified atom stereocenters. The lowest BCUT2D eigenvalue weighted by Crippen LogP contribution is -2.46. The summed E-state index contributed by atoms with van der Waals surface area (Å²) in [5.41, 5.74) is 0.473. The molecule has 98 valence electrons. The van der Waals surface area contributed by atoms with E-state index < -0.39 is 5.60 Å². The summed E-state index contributed by atoms with van der Waals surface area (Å²) in [6.45, 7) is 0. The van der Waals surface area contributed by atoms with Gasteiger partial charge in [0.1, 0.15) is 5.82 Å². The van der Waals surface area contributed by atoms with Crippen molar-refractivity contribution in [2.24, 2.45) is 0 Å². The molecule has 0 amide bonds. The molecular weight excluding hydrogens is 229 g/mol. The van der Waals surface area contributed by atoms with Crippen LogP contribution in [-0.2, 0) is 0 Å². The molecule has 1 heterocycles. The summed E-state index contributed by atoms with van der Waals surface area (Å²) < 4.78 is 13.2. The van der Waals surface area contributed by atoms with E-state index in [-0.39, 0.29) is 17.9 Å². The van der Waals surface area contributed by atoms with Crippen LogP contribution in [0.2, 0.25) is 0 Å². The van der Waals surface area contributed by atoms with Crippen molar-refractivity contribution in [3.63, 3.8) is 0 Å². The van der Waals surface area contributed by atoms with Crippen molar-refractivity contribution in [2.75, 3.05) is 0 Å². The van der Waals surface area contributed by atoms with E-state index in [9.17, 15) is 9.50 Å². The van der Waals surface area contributed by atoms with E-state index >= 15 is 0 Å². The Morgan fingerprint density at radius 1 is 1.22 bits per heavy atom. The van der Waals surface area contributed by atoms with Gasteiger partial charge in [0.2, 0.25) is 0 Å². The van der Waals surface area contributed by atoms with Gasteiger partial charge in [-0.05, 0) is 43.4 Å². The second kappa shape index (κ2) is 4.63. The summed E-state index contributed by atoms with van der Waals surface area (Å²) in [7, 11) is 0. The first-order valence-corrected chi connectivity index (χ1v) is 6.91. The number of nitrogens with one attached hydrogen (secondary N) is 1. The van der Waals surface area contributed by atoms with Crippen molar-refractivity contribution in [1.29, 1.82) is 0 Å². The molecule has 2 atom stereocenters. The van der Waals surface area contributed by atoms with E-state index in [0.717, 1.165) is 44.1 Å². The molecule has 1 aromatic rings. The summed E-state index contributed by atoms with van der Waals surface area (Å²) in [5.74, 6) is -0.183. The molecule has 0 radical (unpaired) electrons. The van der Waals surface area contributed by atoms with Crippen LogP contribution in [0.25, 0.3) is 0 Å². The topological polar surface area (TPSA) is 32.3 Å². The maximum atomic E-state index is 13.2. The van der Waals surface area contributed by atoms with Gasteiger partial charge in [-0.2, -0.15) is 0 Å². The molecule has 2 fully saturated rings. The quantitative estimate of drug-likeness (QED) is 0.844. The zero-order valence-electron chi connectivity index (χ0n) is 10.5. The number of rotatable bonds is 2. The highest BCUT2D eigenvalue weighted by molar-refractivity contribution is 5.22. The van der Waals surface area contributed by atoms with Crippen LogP contribution >= 0.6 is 0 Å². The van der Waals surface area contributed by atoms with E-state index in [0.29, 0.717) is 0 Å². The number of hydrogen-bond acceptors (Lipinski definition) is 2. The van der Waals surface area contributed by atoms with E-state index in [1.54, 1.807) is 12.1 Å². The predicted octanol–water partition coefficient (Wildman–Crippen LogP) is 2.92. The average molecular weight is 249 g/mol. The van der Waals surface area contributed by atoms with Gasteiger partial charge in [0.05, 0.1) is 5.60 Å². The van der Waals surface area contributed by atoms with E-state index in [1.807, 2.05) is 6.07 Å². The maximum Gasteiger partial charge on any atom is 0.123 e. The molecule has 1 aliphatic carbocycles. The monoisotopic (exact) mass is 249 g/mol. The van der Waals surface area contributed by atoms with Crippen LogP contribution in [0, 0.1) is 5.82 Å². The van der Waals surface area contributed by atoms with Crippen LogP contribution in [0.5, 0.6) is 0 Å². The van der Waals surface area contributed by atoms with Gasteiger partial charge in [0.25, 0.3) is 0 Å². The van der Waals surface area contributed by atoms with Crippen LogP contribution in [0.1, 0.15) is 50.1 Å².